The molecule has 0 aliphatic carbocycles. The van der Waals surface area contributed by atoms with E-state index in [0.29, 0.717) is 24.2 Å². The van der Waals surface area contributed by atoms with Gasteiger partial charge in [-0.2, -0.15) is 4.98 Å². The zero-order valence-electron chi connectivity index (χ0n) is 11.8. The molecule has 19 heavy (non-hydrogen) atoms. The van der Waals surface area contributed by atoms with Gasteiger partial charge in [0.1, 0.15) is 11.9 Å². The molecule has 1 heterocycles. The highest BCUT2D eigenvalue weighted by Crippen LogP contribution is 2.14. The molecule has 0 aliphatic rings. The first kappa shape index (κ1) is 15.2. The highest BCUT2D eigenvalue weighted by molar-refractivity contribution is 5.77. The molecule has 0 aliphatic heterocycles. The van der Waals surface area contributed by atoms with Gasteiger partial charge in [-0.25, -0.2) is 4.79 Å². The monoisotopic (exact) mass is 267 g/mol. The average Bonchev–Trinajstić information content (AvgIpc) is 2.33. The highest BCUT2D eigenvalue weighted by atomic mass is 16.5. The lowest BCUT2D eigenvalue weighted by molar-refractivity contribution is -0.138. The van der Waals surface area contributed by atoms with Crippen molar-refractivity contribution in [2.75, 3.05) is 11.9 Å². The first-order chi connectivity index (χ1) is 8.90. The van der Waals surface area contributed by atoms with Gasteiger partial charge in [0.15, 0.2) is 0 Å². The Bertz CT molecular complexity index is 421. The van der Waals surface area contributed by atoms with E-state index < -0.39 is 12.0 Å². The van der Waals surface area contributed by atoms with Crippen molar-refractivity contribution in [2.24, 2.45) is 11.8 Å². The van der Waals surface area contributed by atoms with Gasteiger partial charge >= 0.3 is 5.97 Å². The molecule has 1 aromatic rings. The number of ether oxygens (including phenoxy) is 1. The molecule has 0 bridgehead atoms. The lowest BCUT2D eigenvalue weighted by Crippen LogP contribution is -2.34. The van der Waals surface area contributed by atoms with Gasteiger partial charge < -0.3 is 15.2 Å². The third kappa shape index (κ3) is 5.11. The van der Waals surface area contributed by atoms with Crippen molar-refractivity contribution in [3.8, 4) is 5.88 Å². The van der Waals surface area contributed by atoms with Crippen LogP contribution in [0.25, 0.3) is 0 Å². The fourth-order valence-electron chi connectivity index (χ4n) is 1.41. The first-order valence-electron chi connectivity index (χ1n) is 6.34. The summed E-state index contributed by atoms with van der Waals surface area (Å²) in [6.45, 7) is 8.28. The van der Waals surface area contributed by atoms with E-state index in [1.807, 2.05) is 27.7 Å². The van der Waals surface area contributed by atoms with Gasteiger partial charge in [-0.3, -0.25) is 4.98 Å². The minimum absolute atomic E-state index is 0.0560. The minimum atomic E-state index is -0.912. The van der Waals surface area contributed by atoms with Gasteiger partial charge in [0.2, 0.25) is 5.88 Å². The topological polar surface area (TPSA) is 84.3 Å². The van der Waals surface area contributed by atoms with Crippen molar-refractivity contribution < 1.29 is 14.6 Å². The Labute approximate surface area is 113 Å². The van der Waals surface area contributed by atoms with Crippen LogP contribution in [0, 0.1) is 11.8 Å². The minimum Gasteiger partial charge on any atom is -0.480 e. The van der Waals surface area contributed by atoms with E-state index in [2.05, 4.69) is 15.3 Å². The zero-order valence-corrected chi connectivity index (χ0v) is 11.8. The summed E-state index contributed by atoms with van der Waals surface area (Å²) < 4.78 is 5.45. The van der Waals surface area contributed by atoms with Crippen LogP contribution in [0.4, 0.5) is 5.82 Å². The van der Waals surface area contributed by atoms with Crippen molar-refractivity contribution >= 4 is 11.8 Å². The molecule has 0 fully saturated rings. The van der Waals surface area contributed by atoms with Crippen molar-refractivity contribution in [3.63, 3.8) is 0 Å². The van der Waals surface area contributed by atoms with Crippen molar-refractivity contribution in [1.29, 1.82) is 0 Å². The Morgan fingerprint density at radius 3 is 2.58 bits per heavy atom. The number of hydrogen-bond donors (Lipinski definition) is 2. The van der Waals surface area contributed by atoms with E-state index in [0.717, 1.165) is 0 Å². The van der Waals surface area contributed by atoms with Crippen LogP contribution in [0.2, 0.25) is 0 Å². The summed E-state index contributed by atoms with van der Waals surface area (Å²) in [4.78, 5) is 19.3. The van der Waals surface area contributed by atoms with Crippen LogP contribution < -0.4 is 10.1 Å². The number of anilines is 1. The summed E-state index contributed by atoms with van der Waals surface area (Å²) in [5.41, 5.74) is 0. The van der Waals surface area contributed by atoms with Gasteiger partial charge in [0.05, 0.1) is 19.0 Å². The number of nitrogens with zero attached hydrogens (tertiary/aromatic N) is 2. The summed E-state index contributed by atoms with van der Waals surface area (Å²) in [5.74, 6) is 0.222. The number of nitrogens with one attached hydrogen (secondary N) is 1. The first-order valence-corrected chi connectivity index (χ1v) is 6.34. The second kappa shape index (κ2) is 6.92. The third-order valence-electron chi connectivity index (χ3n) is 2.41. The van der Waals surface area contributed by atoms with Crippen LogP contribution in [-0.2, 0) is 4.79 Å². The molecule has 1 rings (SSSR count). The molecule has 0 amide bonds. The summed E-state index contributed by atoms with van der Waals surface area (Å²) in [5, 5.41) is 12.0. The van der Waals surface area contributed by atoms with Crippen molar-refractivity contribution in [1.82, 2.24) is 9.97 Å². The molecule has 2 N–H and O–H groups in total. The van der Waals surface area contributed by atoms with Crippen LogP contribution >= 0.6 is 0 Å². The number of aliphatic carboxylic acids is 1. The largest absolute Gasteiger partial charge is 0.480 e. The van der Waals surface area contributed by atoms with Crippen LogP contribution in [0.1, 0.15) is 27.7 Å². The van der Waals surface area contributed by atoms with E-state index in [1.165, 1.54) is 12.4 Å². The number of aromatic nitrogens is 2. The number of hydrogen-bond acceptors (Lipinski definition) is 5. The molecule has 106 valence electrons. The normalized spacial score (nSPS) is 12.5. The van der Waals surface area contributed by atoms with E-state index >= 15 is 0 Å². The van der Waals surface area contributed by atoms with Gasteiger partial charge in [0, 0.05) is 0 Å². The summed E-state index contributed by atoms with van der Waals surface area (Å²) in [7, 11) is 0. The molecule has 0 saturated carbocycles. The van der Waals surface area contributed by atoms with E-state index in [9.17, 15) is 4.79 Å². The van der Waals surface area contributed by atoms with E-state index in [-0.39, 0.29) is 5.92 Å². The maximum Gasteiger partial charge on any atom is 0.326 e. The van der Waals surface area contributed by atoms with Crippen LogP contribution in [0.5, 0.6) is 5.88 Å². The van der Waals surface area contributed by atoms with E-state index in [4.69, 9.17) is 9.84 Å². The summed E-state index contributed by atoms with van der Waals surface area (Å²) in [6, 6.07) is -0.699. The molecule has 0 saturated heterocycles. The van der Waals surface area contributed by atoms with Crippen LogP contribution in [0.15, 0.2) is 12.4 Å². The lowest BCUT2D eigenvalue weighted by atomic mass is 10.1. The number of carboxylic acids is 1. The number of carboxylic acid groups (broad SMARTS) is 1. The average molecular weight is 267 g/mol. The Morgan fingerprint density at radius 1 is 1.37 bits per heavy atom. The molecule has 1 atom stereocenters. The molecular weight excluding hydrogens is 246 g/mol. The third-order valence-corrected chi connectivity index (χ3v) is 2.41. The zero-order chi connectivity index (χ0) is 14.4. The van der Waals surface area contributed by atoms with E-state index in [1.54, 1.807) is 0 Å². The molecule has 6 heteroatoms. The molecule has 1 aromatic heterocycles. The molecule has 0 unspecified atom stereocenters. The van der Waals surface area contributed by atoms with Gasteiger partial charge in [-0.1, -0.05) is 27.7 Å². The fraction of sp³-hybridized carbons (Fsp3) is 0.615. The molecular formula is C13H21N3O3. The second-order valence-electron chi connectivity index (χ2n) is 5.15. The Kier molecular flexibility index (Phi) is 5.54. The lowest BCUT2D eigenvalue weighted by Gasteiger charge is -2.18. The Morgan fingerprint density at radius 2 is 2.05 bits per heavy atom. The second-order valence-corrected chi connectivity index (χ2v) is 5.15. The number of rotatable bonds is 7. The standard InChI is InChI=1S/C13H21N3O3/c1-8(2)7-19-11-6-14-5-10(15-11)16-12(9(3)4)13(17)18/h5-6,8-9,12H,7H2,1-4H3,(H,15,16)(H,17,18)/t12-/m1/s1. The summed E-state index contributed by atoms with van der Waals surface area (Å²) >= 11 is 0. The maximum absolute atomic E-state index is 11.1. The van der Waals surface area contributed by atoms with Gasteiger partial charge in [-0.15, -0.1) is 0 Å². The molecule has 0 radical (unpaired) electrons. The predicted octanol–water partition coefficient (Wildman–Crippen LogP) is 2.03. The molecule has 0 aromatic carbocycles. The Hall–Kier alpha value is -1.85. The fourth-order valence-corrected chi connectivity index (χ4v) is 1.41. The van der Waals surface area contributed by atoms with Crippen LogP contribution in [0.3, 0.4) is 0 Å². The molecule has 0 spiro atoms. The van der Waals surface area contributed by atoms with Crippen molar-refractivity contribution in [2.45, 2.75) is 33.7 Å². The molecule has 6 nitrogen and oxygen atoms in total. The number of carbonyl (C=O) groups is 1. The van der Waals surface area contributed by atoms with Crippen LogP contribution in [-0.4, -0.2) is 33.7 Å². The predicted molar refractivity (Wildman–Crippen MR) is 72.2 cm³/mol. The Balaban J connectivity index is 2.73. The quantitative estimate of drug-likeness (QED) is 0.786. The highest BCUT2D eigenvalue weighted by Gasteiger charge is 2.21. The summed E-state index contributed by atoms with van der Waals surface area (Å²) in [6.07, 6.45) is 3.00. The van der Waals surface area contributed by atoms with Crippen molar-refractivity contribution in [3.05, 3.63) is 12.4 Å². The SMILES string of the molecule is CC(C)COc1cncc(N[C@@H](C(=O)O)C(C)C)n1. The smallest absolute Gasteiger partial charge is 0.326 e. The van der Waals surface area contributed by atoms with Gasteiger partial charge in [-0.05, 0) is 11.8 Å². The van der Waals surface area contributed by atoms with Gasteiger partial charge in [0.25, 0.3) is 0 Å². The maximum atomic E-state index is 11.1.